The monoisotopic (exact) mass is 214 g/mol. The van der Waals surface area contributed by atoms with Crippen molar-refractivity contribution in [2.45, 2.75) is 44.6 Å². The maximum absolute atomic E-state index is 5.93. The first-order valence-electron chi connectivity index (χ1n) is 5.95. The fourth-order valence-electron chi connectivity index (χ4n) is 2.75. The van der Waals surface area contributed by atoms with Gasteiger partial charge in [0.25, 0.3) is 0 Å². The largest absolute Gasteiger partial charge is 0.346 e. The second-order valence-corrected chi connectivity index (χ2v) is 4.59. The van der Waals surface area contributed by atoms with Gasteiger partial charge in [-0.3, -0.25) is 4.90 Å². The first-order valence-corrected chi connectivity index (χ1v) is 5.95. The van der Waals surface area contributed by atoms with Crippen LogP contribution in [-0.2, 0) is 9.47 Å². The number of likely N-dealkylation sites (tertiary alicyclic amines) is 1. The molecule has 4 nitrogen and oxygen atoms in total. The van der Waals surface area contributed by atoms with E-state index in [9.17, 15) is 0 Å². The molecule has 2 N–H and O–H groups in total. The zero-order valence-corrected chi connectivity index (χ0v) is 9.74. The molecule has 15 heavy (non-hydrogen) atoms. The summed E-state index contributed by atoms with van der Waals surface area (Å²) < 4.78 is 11.7. The lowest BCUT2D eigenvalue weighted by molar-refractivity contribution is -0.190. The molecule has 2 heterocycles. The molecule has 0 amide bonds. The van der Waals surface area contributed by atoms with Gasteiger partial charge in [-0.25, -0.2) is 0 Å². The van der Waals surface area contributed by atoms with E-state index in [2.05, 4.69) is 18.7 Å². The van der Waals surface area contributed by atoms with Gasteiger partial charge < -0.3 is 15.2 Å². The van der Waals surface area contributed by atoms with Crippen LogP contribution in [0.1, 0.15) is 26.7 Å². The molecule has 0 aromatic rings. The van der Waals surface area contributed by atoms with Crippen molar-refractivity contribution in [3.63, 3.8) is 0 Å². The van der Waals surface area contributed by atoms with Gasteiger partial charge in [0.15, 0.2) is 5.79 Å². The van der Waals surface area contributed by atoms with Crippen LogP contribution in [0.5, 0.6) is 0 Å². The normalized spacial score (nSPS) is 42.6. The number of nitrogens with two attached hydrogens (primary N) is 1. The molecule has 0 aromatic heterocycles. The average molecular weight is 214 g/mol. The minimum absolute atomic E-state index is 0.0781. The van der Waals surface area contributed by atoms with Crippen molar-refractivity contribution in [1.82, 2.24) is 4.90 Å². The van der Waals surface area contributed by atoms with Gasteiger partial charge in [0.05, 0.1) is 18.8 Å². The van der Waals surface area contributed by atoms with E-state index in [1.54, 1.807) is 0 Å². The van der Waals surface area contributed by atoms with Crippen molar-refractivity contribution in [2.24, 2.45) is 5.73 Å². The maximum Gasteiger partial charge on any atom is 0.181 e. The molecule has 2 fully saturated rings. The van der Waals surface area contributed by atoms with Crippen LogP contribution >= 0.6 is 0 Å². The zero-order chi connectivity index (χ0) is 10.9. The number of hydrogen-bond acceptors (Lipinski definition) is 4. The lowest BCUT2D eigenvalue weighted by Gasteiger charge is -2.35. The predicted molar refractivity (Wildman–Crippen MR) is 58.6 cm³/mol. The Balaban J connectivity index is 2.02. The third-order valence-corrected chi connectivity index (χ3v) is 3.59. The molecule has 4 heteroatoms. The Labute approximate surface area is 91.7 Å². The Morgan fingerprint density at radius 3 is 2.93 bits per heavy atom. The van der Waals surface area contributed by atoms with Gasteiger partial charge in [-0.15, -0.1) is 0 Å². The zero-order valence-electron chi connectivity index (χ0n) is 9.74. The third-order valence-electron chi connectivity index (χ3n) is 3.59. The van der Waals surface area contributed by atoms with Gasteiger partial charge in [0, 0.05) is 6.54 Å². The Bertz CT molecular complexity index is 225. The van der Waals surface area contributed by atoms with E-state index in [1.165, 1.54) is 12.8 Å². The summed E-state index contributed by atoms with van der Waals surface area (Å²) in [5, 5.41) is 0. The average Bonchev–Trinajstić information content (AvgIpc) is 2.84. The van der Waals surface area contributed by atoms with Gasteiger partial charge in [-0.05, 0) is 32.9 Å². The molecule has 0 spiro atoms. The fourth-order valence-corrected chi connectivity index (χ4v) is 2.75. The third kappa shape index (κ3) is 2.04. The quantitative estimate of drug-likeness (QED) is 0.746. The predicted octanol–water partition coefficient (Wildman–Crippen LogP) is 0.561. The van der Waals surface area contributed by atoms with Crippen LogP contribution in [0.4, 0.5) is 0 Å². The topological polar surface area (TPSA) is 47.7 Å². The molecule has 2 aliphatic rings. The molecule has 0 bridgehead atoms. The van der Waals surface area contributed by atoms with E-state index in [4.69, 9.17) is 15.2 Å². The minimum atomic E-state index is -0.434. The number of likely N-dealkylation sites (N-methyl/N-ethyl adjacent to an activating group) is 1. The lowest BCUT2D eigenvalue weighted by Crippen LogP contribution is -2.49. The summed E-state index contributed by atoms with van der Waals surface area (Å²) in [4.78, 5) is 2.44. The summed E-state index contributed by atoms with van der Waals surface area (Å²) in [5.41, 5.74) is 5.60. The SMILES string of the molecule is CCN1CCCC1C1(C)OCC(CN)O1. The van der Waals surface area contributed by atoms with E-state index >= 15 is 0 Å². The van der Waals surface area contributed by atoms with Gasteiger partial charge in [-0.2, -0.15) is 0 Å². The summed E-state index contributed by atoms with van der Waals surface area (Å²) in [6.07, 6.45) is 2.49. The Kier molecular flexibility index (Phi) is 3.30. The molecule has 88 valence electrons. The Morgan fingerprint density at radius 2 is 2.33 bits per heavy atom. The summed E-state index contributed by atoms with van der Waals surface area (Å²) in [7, 11) is 0. The van der Waals surface area contributed by atoms with Crippen molar-refractivity contribution in [3.05, 3.63) is 0 Å². The number of nitrogens with zero attached hydrogens (tertiary/aromatic N) is 1. The highest BCUT2D eigenvalue weighted by Crippen LogP contribution is 2.34. The number of rotatable bonds is 3. The fraction of sp³-hybridized carbons (Fsp3) is 1.00. The summed E-state index contributed by atoms with van der Waals surface area (Å²) in [5.74, 6) is -0.434. The number of hydrogen-bond donors (Lipinski definition) is 1. The molecule has 0 aromatic carbocycles. The minimum Gasteiger partial charge on any atom is -0.346 e. The summed E-state index contributed by atoms with van der Waals surface area (Å²) in [6.45, 7) is 7.67. The lowest BCUT2D eigenvalue weighted by atomic mass is 10.1. The Morgan fingerprint density at radius 1 is 1.53 bits per heavy atom. The van der Waals surface area contributed by atoms with Crippen LogP contribution < -0.4 is 5.73 Å². The highest BCUT2D eigenvalue weighted by atomic mass is 16.7. The van der Waals surface area contributed by atoms with Gasteiger partial charge in [0.1, 0.15) is 0 Å². The molecule has 0 radical (unpaired) electrons. The highest BCUT2D eigenvalue weighted by molar-refractivity contribution is 4.92. The van der Waals surface area contributed by atoms with Crippen LogP contribution in [0.2, 0.25) is 0 Å². The van der Waals surface area contributed by atoms with Crippen molar-refractivity contribution in [1.29, 1.82) is 0 Å². The van der Waals surface area contributed by atoms with Crippen molar-refractivity contribution in [2.75, 3.05) is 26.2 Å². The standard InChI is InChI=1S/C11H22N2O2/c1-3-13-6-4-5-10(13)11(2)14-8-9(7-12)15-11/h9-10H,3-8,12H2,1-2H3. The molecular formula is C11H22N2O2. The van der Waals surface area contributed by atoms with Gasteiger partial charge in [-0.1, -0.05) is 6.92 Å². The molecule has 0 saturated carbocycles. The maximum atomic E-state index is 5.93. The first kappa shape index (κ1) is 11.3. The van der Waals surface area contributed by atoms with Crippen LogP contribution in [0.15, 0.2) is 0 Å². The van der Waals surface area contributed by atoms with Crippen LogP contribution in [-0.4, -0.2) is 49.1 Å². The molecule has 3 atom stereocenters. The molecule has 2 rings (SSSR count). The van der Waals surface area contributed by atoms with E-state index in [0.717, 1.165) is 13.1 Å². The Hall–Kier alpha value is -0.160. The van der Waals surface area contributed by atoms with Crippen molar-refractivity contribution < 1.29 is 9.47 Å². The second kappa shape index (κ2) is 4.37. The van der Waals surface area contributed by atoms with Crippen molar-refractivity contribution in [3.8, 4) is 0 Å². The van der Waals surface area contributed by atoms with E-state index in [1.807, 2.05) is 0 Å². The molecule has 2 saturated heterocycles. The first-order chi connectivity index (χ1) is 7.19. The second-order valence-electron chi connectivity index (χ2n) is 4.59. The van der Waals surface area contributed by atoms with E-state index in [-0.39, 0.29) is 6.10 Å². The summed E-state index contributed by atoms with van der Waals surface area (Å²) >= 11 is 0. The molecule has 2 aliphatic heterocycles. The van der Waals surface area contributed by atoms with Gasteiger partial charge >= 0.3 is 0 Å². The van der Waals surface area contributed by atoms with E-state index in [0.29, 0.717) is 19.2 Å². The molecule has 0 aliphatic carbocycles. The molecular weight excluding hydrogens is 192 g/mol. The van der Waals surface area contributed by atoms with Crippen LogP contribution in [0.3, 0.4) is 0 Å². The summed E-state index contributed by atoms with van der Waals surface area (Å²) in [6, 6.07) is 0.402. The van der Waals surface area contributed by atoms with Crippen LogP contribution in [0.25, 0.3) is 0 Å². The molecule has 3 unspecified atom stereocenters. The number of ether oxygens (including phenoxy) is 2. The smallest absolute Gasteiger partial charge is 0.181 e. The van der Waals surface area contributed by atoms with Crippen LogP contribution in [0, 0.1) is 0 Å². The van der Waals surface area contributed by atoms with E-state index < -0.39 is 5.79 Å². The highest BCUT2D eigenvalue weighted by Gasteiger charge is 2.47. The van der Waals surface area contributed by atoms with Crippen molar-refractivity contribution >= 4 is 0 Å². The van der Waals surface area contributed by atoms with Gasteiger partial charge in [0.2, 0.25) is 0 Å².